The van der Waals surface area contributed by atoms with Gasteiger partial charge in [-0.3, -0.25) is 24.7 Å². The second kappa shape index (κ2) is 7.66. The molecule has 0 bridgehead atoms. The summed E-state index contributed by atoms with van der Waals surface area (Å²) in [5, 5.41) is 21.8. The molecule has 1 aromatic rings. The predicted octanol–water partition coefficient (Wildman–Crippen LogP) is 1.48. The van der Waals surface area contributed by atoms with Crippen LogP contribution in [0.4, 0.5) is 5.69 Å². The molecule has 1 saturated heterocycles. The Morgan fingerprint density at radius 3 is 2.92 bits per heavy atom. The van der Waals surface area contributed by atoms with E-state index in [4.69, 9.17) is 9.47 Å². The first-order valence-corrected chi connectivity index (χ1v) is 7.94. The SMILES string of the molecule is CCOC(=O)CC[C@@]1(O)C(=O)C[C@H](c2ccncc2[N+](=O)[O-])O[C@@H]1C. The maximum atomic E-state index is 12.5. The highest BCUT2D eigenvalue weighted by molar-refractivity contribution is 5.89. The summed E-state index contributed by atoms with van der Waals surface area (Å²) in [4.78, 5) is 38.2. The zero-order chi connectivity index (χ0) is 18.6. The molecular formula is C16H20N2O7. The number of nitro groups is 1. The summed E-state index contributed by atoms with van der Waals surface area (Å²) in [5.74, 6) is -1.03. The number of ketones is 1. The van der Waals surface area contributed by atoms with Gasteiger partial charge in [0.15, 0.2) is 5.78 Å². The van der Waals surface area contributed by atoms with Gasteiger partial charge in [0.25, 0.3) is 5.69 Å². The number of carbonyl (C=O) groups excluding carboxylic acids is 2. The number of Topliss-reactive ketones (excluding diaryl/α,β-unsaturated/α-hetero) is 1. The first-order valence-electron chi connectivity index (χ1n) is 7.94. The van der Waals surface area contributed by atoms with E-state index in [1.54, 1.807) is 6.92 Å². The molecule has 1 fully saturated rings. The molecule has 1 aliphatic rings. The minimum absolute atomic E-state index is 0.121. The van der Waals surface area contributed by atoms with Gasteiger partial charge in [-0.15, -0.1) is 0 Å². The highest BCUT2D eigenvalue weighted by atomic mass is 16.6. The van der Waals surface area contributed by atoms with E-state index in [1.165, 1.54) is 19.2 Å². The second-order valence-electron chi connectivity index (χ2n) is 5.82. The van der Waals surface area contributed by atoms with Crippen molar-refractivity contribution in [3.05, 3.63) is 34.1 Å². The number of carbonyl (C=O) groups is 2. The predicted molar refractivity (Wildman–Crippen MR) is 84.6 cm³/mol. The van der Waals surface area contributed by atoms with E-state index in [0.29, 0.717) is 0 Å². The van der Waals surface area contributed by atoms with E-state index >= 15 is 0 Å². The van der Waals surface area contributed by atoms with Crippen LogP contribution in [-0.4, -0.2) is 45.1 Å². The highest BCUT2D eigenvalue weighted by Gasteiger charge is 2.48. The van der Waals surface area contributed by atoms with Crippen LogP contribution in [0, 0.1) is 10.1 Å². The highest BCUT2D eigenvalue weighted by Crippen LogP contribution is 2.39. The lowest BCUT2D eigenvalue weighted by Gasteiger charge is -2.40. The van der Waals surface area contributed by atoms with Gasteiger partial charge in [-0.1, -0.05) is 0 Å². The summed E-state index contributed by atoms with van der Waals surface area (Å²) >= 11 is 0. The zero-order valence-electron chi connectivity index (χ0n) is 14.0. The molecule has 0 saturated carbocycles. The molecular weight excluding hydrogens is 332 g/mol. The van der Waals surface area contributed by atoms with Crippen molar-refractivity contribution in [1.29, 1.82) is 0 Å². The molecule has 1 aromatic heterocycles. The lowest BCUT2D eigenvalue weighted by molar-refractivity contribution is -0.386. The molecule has 9 nitrogen and oxygen atoms in total. The van der Waals surface area contributed by atoms with Gasteiger partial charge in [-0.05, 0) is 26.3 Å². The smallest absolute Gasteiger partial charge is 0.305 e. The molecule has 0 amide bonds. The fourth-order valence-electron chi connectivity index (χ4n) is 2.85. The van der Waals surface area contributed by atoms with Crippen molar-refractivity contribution >= 4 is 17.4 Å². The van der Waals surface area contributed by atoms with Gasteiger partial charge in [-0.25, -0.2) is 0 Å². The molecule has 0 aliphatic carbocycles. The normalized spacial score (nSPS) is 26.3. The quantitative estimate of drug-likeness (QED) is 0.463. The fourth-order valence-corrected chi connectivity index (χ4v) is 2.85. The first kappa shape index (κ1) is 18.9. The van der Waals surface area contributed by atoms with Crippen LogP contribution < -0.4 is 0 Å². The van der Waals surface area contributed by atoms with Crippen molar-refractivity contribution in [2.24, 2.45) is 0 Å². The number of esters is 1. The minimum Gasteiger partial charge on any atom is -0.466 e. The van der Waals surface area contributed by atoms with Crippen molar-refractivity contribution in [3.8, 4) is 0 Å². The van der Waals surface area contributed by atoms with Gasteiger partial charge in [0.1, 0.15) is 11.8 Å². The number of pyridine rings is 1. The molecule has 25 heavy (non-hydrogen) atoms. The molecule has 1 aliphatic heterocycles. The van der Waals surface area contributed by atoms with Crippen molar-refractivity contribution in [2.45, 2.75) is 50.9 Å². The van der Waals surface area contributed by atoms with Crippen LogP contribution in [0.3, 0.4) is 0 Å². The van der Waals surface area contributed by atoms with Gasteiger partial charge in [0.2, 0.25) is 0 Å². The van der Waals surface area contributed by atoms with Gasteiger partial charge in [-0.2, -0.15) is 0 Å². The van der Waals surface area contributed by atoms with E-state index in [-0.39, 0.29) is 37.1 Å². The van der Waals surface area contributed by atoms with Crippen molar-refractivity contribution in [3.63, 3.8) is 0 Å². The number of rotatable bonds is 6. The molecule has 0 radical (unpaired) electrons. The Bertz CT molecular complexity index is 678. The van der Waals surface area contributed by atoms with Crippen molar-refractivity contribution in [1.82, 2.24) is 4.98 Å². The van der Waals surface area contributed by atoms with Crippen LogP contribution in [0.25, 0.3) is 0 Å². The number of aromatic nitrogens is 1. The average molecular weight is 352 g/mol. The number of hydrogen-bond donors (Lipinski definition) is 1. The fraction of sp³-hybridized carbons (Fsp3) is 0.562. The Kier molecular flexibility index (Phi) is 5.81. The number of hydrogen-bond acceptors (Lipinski definition) is 8. The van der Waals surface area contributed by atoms with E-state index < -0.39 is 34.5 Å². The van der Waals surface area contributed by atoms with Crippen molar-refractivity contribution < 1.29 is 29.1 Å². The van der Waals surface area contributed by atoms with E-state index in [0.717, 1.165) is 6.20 Å². The standard InChI is InChI=1S/C16H20N2O7/c1-3-24-15(20)4-6-16(21)10(2)25-13(8-14(16)19)11-5-7-17-9-12(11)18(22)23/h5,7,9-10,13,21H,3-4,6,8H2,1-2H3/t10-,13-,16+/m1/s1. The Balaban J connectivity index is 2.16. The molecule has 1 N–H and O–H groups in total. The Morgan fingerprint density at radius 1 is 1.60 bits per heavy atom. The molecule has 2 rings (SSSR count). The lowest BCUT2D eigenvalue weighted by Crippen LogP contribution is -2.54. The van der Waals surface area contributed by atoms with E-state index in [1.807, 2.05) is 0 Å². The monoisotopic (exact) mass is 352 g/mol. The van der Waals surface area contributed by atoms with Crippen LogP contribution in [0.5, 0.6) is 0 Å². The minimum atomic E-state index is -1.83. The van der Waals surface area contributed by atoms with Crippen LogP contribution in [0.2, 0.25) is 0 Å². The Hall–Kier alpha value is -2.39. The zero-order valence-corrected chi connectivity index (χ0v) is 14.0. The molecule has 0 spiro atoms. The van der Waals surface area contributed by atoms with Crippen molar-refractivity contribution in [2.75, 3.05) is 6.61 Å². The number of aliphatic hydroxyl groups is 1. The molecule has 0 unspecified atom stereocenters. The maximum Gasteiger partial charge on any atom is 0.305 e. The van der Waals surface area contributed by atoms with Gasteiger partial charge >= 0.3 is 5.97 Å². The van der Waals surface area contributed by atoms with Crippen LogP contribution in [0.15, 0.2) is 18.5 Å². The van der Waals surface area contributed by atoms with Crippen LogP contribution in [0.1, 0.15) is 44.8 Å². The lowest BCUT2D eigenvalue weighted by atomic mass is 9.81. The van der Waals surface area contributed by atoms with E-state index in [2.05, 4.69) is 4.98 Å². The van der Waals surface area contributed by atoms with Gasteiger partial charge in [0, 0.05) is 19.0 Å². The first-order chi connectivity index (χ1) is 11.8. The second-order valence-corrected chi connectivity index (χ2v) is 5.82. The van der Waals surface area contributed by atoms with Gasteiger partial charge in [0.05, 0.1) is 29.3 Å². The Morgan fingerprint density at radius 2 is 2.32 bits per heavy atom. The third-order valence-corrected chi connectivity index (χ3v) is 4.29. The maximum absolute atomic E-state index is 12.5. The third-order valence-electron chi connectivity index (χ3n) is 4.29. The molecule has 3 atom stereocenters. The molecule has 2 heterocycles. The summed E-state index contributed by atoms with van der Waals surface area (Å²) in [6, 6.07) is 1.42. The topological polar surface area (TPSA) is 129 Å². The number of nitrogens with zero attached hydrogens (tertiary/aromatic N) is 2. The van der Waals surface area contributed by atoms with Gasteiger partial charge < -0.3 is 14.6 Å². The molecule has 9 heteroatoms. The summed E-state index contributed by atoms with van der Waals surface area (Å²) < 4.78 is 10.5. The summed E-state index contributed by atoms with van der Waals surface area (Å²) in [7, 11) is 0. The molecule has 0 aromatic carbocycles. The largest absolute Gasteiger partial charge is 0.466 e. The summed E-state index contributed by atoms with van der Waals surface area (Å²) in [5.41, 5.74) is -1.84. The van der Waals surface area contributed by atoms with E-state index in [9.17, 15) is 24.8 Å². The van der Waals surface area contributed by atoms with Crippen LogP contribution in [-0.2, 0) is 19.1 Å². The molecule has 136 valence electrons. The summed E-state index contributed by atoms with van der Waals surface area (Å²) in [6.07, 6.45) is 0.211. The average Bonchev–Trinajstić information content (AvgIpc) is 2.58. The summed E-state index contributed by atoms with van der Waals surface area (Å²) in [6.45, 7) is 3.38. The number of ether oxygens (including phenoxy) is 2. The van der Waals surface area contributed by atoms with Crippen LogP contribution >= 0.6 is 0 Å². The Labute approximate surface area is 144 Å². The third kappa shape index (κ3) is 3.99.